The molecule has 0 aromatic heterocycles. The highest BCUT2D eigenvalue weighted by molar-refractivity contribution is 6.33. The lowest BCUT2D eigenvalue weighted by Crippen LogP contribution is -2.19. The molecule has 0 spiro atoms. The lowest BCUT2D eigenvalue weighted by Gasteiger charge is -2.08. The second-order valence-corrected chi connectivity index (χ2v) is 7.52. The standard InChI is InChI=1S/C24H31ClN2O2/c1-2-3-4-5-6-7-11-16-29-22-15-14-21(23(25)18-22)19-26-27-24(28)17-20-12-9-8-10-13-20/h8-10,12-15,18-19H,2-7,11,16-17H2,1H3,(H,27,28)/b26-19-. The number of carbonyl (C=O) groups is 1. The van der Waals surface area contributed by atoms with E-state index in [-0.39, 0.29) is 12.3 Å². The molecule has 0 atom stereocenters. The number of nitrogens with one attached hydrogen (secondary N) is 1. The van der Waals surface area contributed by atoms with Crippen LogP contribution >= 0.6 is 11.6 Å². The third-order valence-electron chi connectivity index (χ3n) is 4.59. The largest absolute Gasteiger partial charge is 0.494 e. The minimum absolute atomic E-state index is 0.168. The smallest absolute Gasteiger partial charge is 0.244 e. The SMILES string of the molecule is CCCCCCCCCOc1ccc(/C=N\NC(=O)Cc2ccccc2)c(Cl)c1. The van der Waals surface area contributed by atoms with Gasteiger partial charge >= 0.3 is 0 Å². The molecule has 0 aliphatic carbocycles. The average molecular weight is 415 g/mol. The average Bonchev–Trinajstić information content (AvgIpc) is 2.72. The number of rotatable bonds is 13. The summed E-state index contributed by atoms with van der Waals surface area (Å²) >= 11 is 6.30. The van der Waals surface area contributed by atoms with Gasteiger partial charge in [0.05, 0.1) is 24.3 Å². The summed E-state index contributed by atoms with van der Waals surface area (Å²) in [6, 6.07) is 15.1. The van der Waals surface area contributed by atoms with Crippen molar-refractivity contribution >= 4 is 23.7 Å². The molecule has 4 nitrogen and oxygen atoms in total. The highest BCUT2D eigenvalue weighted by Crippen LogP contribution is 2.21. The molecule has 0 saturated heterocycles. The predicted molar refractivity (Wildman–Crippen MR) is 121 cm³/mol. The number of carbonyl (C=O) groups excluding carboxylic acids is 1. The van der Waals surface area contributed by atoms with E-state index in [4.69, 9.17) is 16.3 Å². The van der Waals surface area contributed by atoms with Gasteiger partial charge in [-0.3, -0.25) is 4.79 Å². The molecule has 0 unspecified atom stereocenters. The molecule has 2 aromatic rings. The third kappa shape index (κ3) is 9.62. The van der Waals surface area contributed by atoms with E-state index < -0.39 is 0 Å². The number of benzene rings is 2. The summed E-state index contributed by atoms with van der Waals surface area (Å²) in [6.45, 7) is 2.94. The summed E-state index contributed by atoms with van der Waals surface area (Å²) in [5.41, 5.74) is 4.21. The maximum Gasteiger partial charge on any atom is 0.244 e. The van der Waals surface area contributed by atoms with Crippen molar-refractivity contribution in [2.75, 3.05) is 6.61 Å². The minimum atomic E-state index is -0.168. The number of nitrogens with zero attached hydrogens (tertiary/aromatic N) is 1. The zero-order valence-corrected chi connectivity index (χ0v) is 18.0. The Bertz CT molecular complexity index is 763. The molecule has 1 amide bonds. The number of ether oxygens (including phenoxy) is 1. The van der Waals surface area contributed by atoms with E-state index in [1.165, 1.54) is 38.5 Å². The Balaban J connectivity index is 1.69. The van der Waals surface area contributed by atoms with Crippen LogP contribution in [0.4, 0.5) is 0 Å². The maximum atomic E-state index is 11.9. The van der Waals surface area contributed by atoms with Crippen molar-refractivity contribution in [2.45, 2.75) is 58.3 Å². The summed E-state index contributed by atoms with van der Waals surface area (Å²) in [5, 5.41) is 4.54. The number of hydrazone groups is 1. The first-order valence-electron chi connectivity index (χ1n) is 10.5. The van der Waals surface area contributed by atoms with Crippen LogP contribution in [-0.2, 0) is 11.2 Å². The van der Waals surface area contributed by atoms with Crippen molar-refractivity contribution in [3.05, 3.63) is 64.7 Å². The van der Waals surface area contributed by atoms with Crippen molar-refractivity contribution in [2.24, 2.45) is 5.10 Å². The summed E-state index contributed by atoms with van der Waals surface area (Å²) in [4.78, 5) is 11.9. The molecule has 0 aliphatic rings. The first-order valence-corrected chi connectivity index (χ1v) is 10.8. The van der Waals surface area contributed by atoms with Crippen LogP contribution in [0.1, 0.15) is 63.0 Å². The van der Waals surface area contributed by atoms with Crippen LogP contribution < -0.4 is 10.2 Å². The predicted octanol–water partition coefficient (Wildman–Crippen LogP) is 6.16. The van der Waals surface area contributed by atoms with Crippen LogP contribution in [0.25, 0.3) is 0 Å². The fourth-order valence-electron chi connectivity index (χ4n) is 2.95. The first kappa shape index (κ1) is 23.0. The molecule has 1 N–H and O–H groups in total. The Morgan fingerprint density at radius 3 is 2.48 bits per heavy atom. The van der Waals surface area contributed by atoms with Gasteiger partial charge in [-0.1, -0.05) is 87.4 Å². The highest BCUT2D eigenvalue weighted by Gasteiger charge is 2.03. The Labute approximate surface area is 179 Å². The van der Waals surface area contributed by atoms with Crippen molar-refractivity contribution in [1.29, 1.82) is 0 Å². The zero-order chi connectivity index (χ0) is 20.7. The minimum Gasteiger partial charge on any atom is -0.494 e. The zero-order valence-electron chi connectivity index (χ0n) is 17.2. The fourth-order valence-corrected chi connectivity index (χ4v) is 3.17. The molecule has 0 aliphatic heterocycles. The molecule has 2 aromatic carbocycles. The molecule has 29 heavy (non-hydrogen) atoms. The molecule has 0 heterocycles. The van der Waals surface area contributed by atoms with Crippen LogP contribution in [0.3, 0.4) is 0 Å². The van der Waals surface area contributed by atoms with Crippen LogP contribution in [-0.4, -0.2) is 18.7 Å². The van der Waals surface area contributed by atoms with Gasteiger partial charge in [0.2, 0.25) is 5.91 Å². The van der Waals surface area contributed by atoms with Gasteiger partial charge in [0.1, 0.15) is 5.75 Å². The number of hydrogen-bond acceptors (Lipinski definition) is 3. The van der Waals surface area contributed by atoms with Gasteiger partial charge in [-0.15, -0.1) is 0 Å². The van der Waals surface area contributed by atoms with E-state index in [1.807, 2.05) is 42.5 Å². The lowest BCUT2D eigenvalue weighted by atomic mass is 10.1. The maximum absolute atomic E-state index is 11.9. The highest BCUT2D eigenvalue weighted by atomic mass is 35.5. The number of amides is 1. The number of hydrogen-bond donors (Lipinski definition) is 1. The van der Waals surface area contributed by atoms with E-state index >= 15 is 0 Å². The Morgan fingerprint density at radius 2 is 1.76 bits per heavy atom. The fraction of sp³-hybridized carbons (Fsp3) is 0.417. The summed E-state index contributed by atoms with van der Waals surface area (Å²) in [6.07, 6.45) is 10.6. The molecule has 2 rings (SSSR count). The van der Waals surface area contributed by atoms with Gasteiger partial charge in [-0.05, 0) is 30.2 Å². The Kier molecular flexibility index (Phi) is 10.9. The molecule has 0 saturated carbocycles. The lowest BCUT2D eigenvalue weighted by molar-refractivity contribution is -0.120. The van der Waals surface area contributed by atoms with Gasteiger partial charge < -0.3 is 4.74 Å². The normalized spacial score (nSPS) is 11.0. The number of halogens is 1. The van der Waals surface area contributed by atoms with Crippen molar-refractivity contribution in [3.63, 3.8) is 0 Å². The van der Waals surface area contributed by atoms with Crippen LogP contribution in [0.15, 0.2) is 53.6 Å². The summed E-state index contributed by atoms with van der Waals surface area (Å²) in [5.74, 6) is 0.587. The summed E-state index contributed by atoms with van der Waals surface area (Å²) < 4.78 is 5.78. The molecule has 5 heteroatoms. The molecule has 156 valence electrons. The van der Waals surface area contributed by atoms with Crippen LogP contribution in [0.2, 0.25) is 5.02 Å². The summed E-state index contributed by atoms with van der Waals surface area (Å²) in [7, 11) is 0. The third-order valence-corrected chi connectivity index (χ3v) is 4.92. The second-order valence-electron chi connectivity index (χ2n) is 7.11. The monoisotopic (exact) mass is 414 g/mol. The van der Waals surface area contributed by atoms with E-state index in [1.54, 1.807) is 12.3 Å². The van der Waals surface area contributed by atoms with Gasteiger partial charge in [0.25, 0.3) is 0 Å². The number of unbranched alkanes of at least 4 members (excludes halogenated alkanes) is 6. The van der Waals surface area contributed by atoms with E-state index in [9.17, 15) is 4.79 Å². The van der Waals surface area contributed by atoms with Gasteiger partial charge in [-0.2, -0.15) is 5.10 Å². The quantitative estimate of drug-likeness (QED) is 0.242. The molecule has 0 radical (unpaired) electrons. The molecular weight excluding hydrogens is 384 g/mol. The van der Waals surface area contributed by atoms with Crippen molar-refractivity contribution < 1.29 is 9.53 Å². The van der Waals surface area contributed by atoms with Gasteiger partial charge in [0, 0.05) is 5.56 Å². The van der Waals surface area contributed by atoms with Crippen LogP contribution in [0, 0.1) is 0 Å². The second kappa shape index (κ2) is 13.8. The van der Waals surface area contributed by atoms with E-state index in [0.29, 0.717) is 11.6 Å². The van der Waals surface area contributed by atoms with E-state index in [2.05, 4.69) is 17.5 Å². The van der Waals surface area contributed by atoms with Crippen molar-refractivity contribution in [1.82, 2.24) is 5.43 Å². The van der Waals surface area contributed by atoms with Crippen LogP contribution in [0.5, 0.6) is 5.75 Å². The molecule has 0 fully saturated rings. The Hall–Kier alpha value is -2.33. The topological polar surface area (TPSA) is 50.7 Å². The Morgan fingerprint density at radius 1 is 1.03 bits per heavy atom. The van der Waals surface area contributed by atoms with Gasteiger partial charge in [0.15, 0.2) is 0 Å². The van der Waals surface area contributed by atoms with Crippen molar-refractivity contribution in [3.8, 4) is 5.75 Å². The first-order chi connectivity index (χ1) is 14.2. The molecular formula is C24H31ClN2O2. The molecule has 0 bridgehead atoms. The van der Waals surface area contributed by atoms with Gasteiger partial charge in [-0.25, -0.2) is 5.43 Å². The van der Waals surface area contributed by atoms with E-state index in [0.717, 1.165) is 23.3 Å².